The number of nitrogens with zero attached hydrogens (tertiary/aromatic N) is 2. The smallest absolute Gasteiger partial charge is 0.259 e. The van der Waals surface area contributed by atoms with Crippen LogP contribution < -0.4 is 10.5 Å². The first-order chi connectivity index (χ1) is 9.06. The van der Waals surface area contributed by atoms with Crippen LogP contribution in [0.15, 0.2) is 11.2 Å². The largest absolute Gasteiger partial charge is 0.333 e. The molecule has 106 valence electrons. The van der Waals surface area contributed by atoms with Crippen LogP contribution in [0, 0.1) is 5.92 Å². The summed E-state index contributed by atoms with van der Waals surface area (Å²) in [6.07, 6.45) is 6.89. The van der Waals surface area contributed by atoms with Gasteiger partial charge in [0.05, 0.1) is 0 Å². The van der Waals surface area contributed by atoms with E-state index >= 15 is 0 Å². The summed E-state index contributed by atoms with van der Waals surface area (Å²) >= 11 is 0. The third kappa shape index (κ3) is 2.82. The number of imidazole rings is 1. The summed E-state index contributed by atoms with van der Waals surface area (Å²) in [6, 6.07) is -0.0768. The lowest BCUT2D eigenvalue weighted by molar-refractivity contribution is 0.522. The second-order valence-corrected chi connectivity index (χ2v) is 7.21. The fourth-order valence-corrected chi connectivity index (χ4v) is 3.54. The summed E-state index contributed by atoms with van der Waals surface area (Å²) in [4.78, 5) is 4.23. The summed E-state index contributed by atoms with van der Waals surface area (Å²) < 4.78 is 28.8. The molecule has 0 bridgehead atoms. The maximum absolute atomic E-state index is 12.2. The summed E-state index contributed by atoms with van der Waals surface area (Å²) in [6.45, 7) is 1.16. The molecule has 1 aromatic heterocycles. The monoisotopic (exact) mass is 284 g/mol. The summed E-state index contributed by atoms with van der Waals surface area (Å²) in [7, 11) is -3.52. The van der Waals surface area contributed by atoms with Gasteiger partial charge in [0.15, 0.2) is 5.03 Å². The number of hydrogen-bond acceptors (Lipinski definition) is 4. The lowest BCUT2D eigenvalue weighted by atomic mass is 10.2. The molecule has 1 unspecified atom stereocenters. The Kier molecular flexibility index (Phi) is 3.36. The maximum atomic E-state index is 12.2. The van der Waals surface area contributed by atoms with Crippen LogP contribution in [-0.2, 0) is 23.0 Å². The first-order valence-corrected chi connectivity index (χ1v) is 8.36. The molecule has 1 fully saturated rings. The highest BCUT2D eigenvalue weighted by atomic mass is 32.2. The third-order valence-electron chi connectivity index (χ3n) is 3.90. The van der Waals surface area contributed by atoms with Crippen LogP contribution in [0.3, 0.4) is 0 Å². The van der Waals surface area contributed by atoms with Gasteiger partial charge in [-0.25, -0.2) is 18.1 Å². The molecule has 2 heterocycles. The highest BCUT2D eigenvalue weighted by Gasteiger charge is 2.30. The molecule has 1 atom stereocenters. The Morgan fingerprint density at radius 2 is 2.26 bits per heavy atom. The van der Waals surface area contributed by atoms with Crippen molar-refractivity contribution in [3.8, 4) is 0 Å². The van der Waals surface area contributed by atoms with Crippen molar-refractivity contribution < 1.29 is 8.42 Å². The van der Waals surface area contributed by atoms with Crippen LogP contribution in [0.2, 0.25) is 0 Å². The van der Waals surface area contributed by atoms with Gasteiger partial charge in [0.2, 0.25) is 0 Å². The van der Waals surface area contributed by atoms with Gasteiger partial charge in [0.25, 0.3) is 10.0 Å². The zero-order valence-corrected chi connectivity index (χ0v) is 11.7. The van der Waals surface area contributed by atoms with E-state index in [-0.39, 0.29) is 11.1 Å². The number of nitrogens with two attached hydrogens (primary N) is 1. The number of sulfonamides is 1. The number of rotatable bonds is 5. The molecule has 1 aliphatic heterocycles. The van der Waals surface area contributed by atoms with Crippen LogP contribution in [0.1, 0.15) is 31.5 Å². The first kappa shape index (κ1) is 13.1. The third-order valence-corrected chi connectivity index (χ3v) is 5.19. The van der Waals surface area contributed by atoms with Crippen molar-refractivity contribution in [3.63, 3.8) is 0 Å². The number of fused-ring (bicyclic) bond motifs is 1. The van der Waals surface area contributed by atoms with Crippen molar-refractivity contribution in [2.75, 3.05) is 6.54 Å². The summed E-state index contributed by atoms with van der Waals surface area (Å²) in [5.74, 6) is 1.36. The summed E-state index contributed by atoms with van der Waals surface area (Å²) in [5.41, 5.74) is 5.91. The molecular weight excluding hydrogens is 264 g/mol. The molecule has 7 heteroatoms. The van der Waals surface area contributed by atoms with Gasteiger partial charge < -0.3 is 10.3 Å². The van der Waals surface area contributed by atoms with E-state index in [4.69, 9.17) is 5.73 Å². The Labute approximate surface area is 113 Å². The van der Waals surface area contributed by atoms with Crippen LogP contribution >= 0.6 is 0 Å². The van der Waals surface area contributed by atoms with Gasteiger partial charge in [-0.05, 0) is 31.6 Å². The minimum absolute atomic E-state index is 0.0768. The molecule has 3 rings (SSSR count). The molecule has 0 amide bonds. The molecule has 6 nitrogen and oxygen atoms in total. The highest BCUT2D eigenvalue weighted by Crippen LogP contribution is 2.31. The molecule has 19 heavy (non-hydrogen) atoms. The summed E-state index contributed by atoms with van der Waals surface area (Å²) in [5, 5.41) is 0.132. The van der Waals surface area contributed by atoms with Crippen LogP contribution in [0.5, 0.6) is 0 Å². The standard InChI is InChI=1S/C12H20N4O2S/c13-10(9-4-5-9)7-14-19(17,18)12-8-16-6-2-1-3-11(16)15-12/h8-10,14H,1-7,13H2. The molecule has 0 aromatic carbocycles. The molecule has 1 saturated carbocycles. The first-order valence-electron chi connectivity index (χ1n) is 6.87. The van der Waals surface area contributed by atoms with Gasteiger partial charge in [0, 0.05) is 31.7 Å². The molecule has 1 aromatic rings. The SMILES string of the molecule is NC(CNS(=O)(=O)c1cn2c(n1)CCCC2)C1CC1. The molecule has 0 spiro atoms. The van der Waals surface area contributed by atoms with E-state index in [1.807, 2.05) is 4.57 Å². The molecule has 0 saturated heterocycles. The van der Waals surface area contributed by atoms with Crippen LogP contribution in [-0.4, -0.2) is 30.6 Å². The topological polar surface area (TPSA) is 90.0 Å². The number of aromatic nitrogens is 2. The van der Waals surface area contributed by atoms with Crippen LogP contribution in [0.4, 0.5) is 0 Å². The van der Waals surface area contributed by atoms with E-state index in [0.29, 0.717) is 12.5 Å². The van der Waals surface area contributed by atoms with Gasteiger partial charge in [-0.15, -0.1) is 0 Å². The lowest BCUT2D eigenvalue weighted by Gasteiger charge is -2.11. The van der Waals surface area contributed by atoms with Crippen molar-refractivity contribution in [2.45, 2.75) is 49.7 Å². The van der Waals surface area contributed by atoms with E-state index in [0.717, 1.165) is 44.5 Å². The quantitative estimate of drug-likeness (QED) is 0.810. The Balaban J connectivity index is 1.70. The minimum Gasteiger partial charge on any atom is -0.333 e. The predicted molar refractivity (Wildman–Crippen MR) is 71.1 cm³/mol. The fourth-order valence-electron chi connectivity index (χ4n) is 2.49. The molecule has 1 aliphatic carbocycles. The Morgan fingerprint density at radius 3 is 2.95 bits per heavy atom. The average Bonchev–Trinajstić information content (AvgIpc) is 3.14. The second-order valence-electron chi connectivity index (χ2n) is 5.50. The van der Waals surface area contributed by atoms with Crippen LogP contribution in [0.25, 0.3) is 0 Å². The minimum atomic E-state index is -3.52. The Morgan fingerprint density at radius 1 is 1.47 bits per heavy atom. The van der Waals surface area contributed by atoms with E-state index in [2.05, 4.69) is 9.71 Å². The fraction of sp³-hybridized carbons (Fsp3) is 0.750. The van der Waals surface area contributed by atoms with E-state index in [1.54, 1.807) is 6.20 Å². The van der Waals surface area contributed by atoms with Gasteiger partial charge in [-0.3, -0.25) is 0 Å². The van der Waals surface area contributed by atoms with Crippen molar-refractivity contribution in [2.24, 2.45) is 11.7 Å². The van der Waals surface area contributed by atoms with E-state index in [1.165, 1.54) is 0 Å². The molecule has 3 N–H and O–H groups in total. The van der Waals surface area contributed by atoms with Crippen molar-refractivity contribution in [3.05, 3.63) is 12.0 Å². The Bertz CT molecular complexity index is 539. The highest BCUT2D eigenvalue weighted by molar-refractivity contribution is 7.89. The van der Waals surface area contributed by atoms with E-state index < -0.39 is 10.0 Å². The van der Waals surface area contributed by atoms with Gasteiger partial charge in [-0.1, -0.05) is 0 Å². The average molecular weight is 284 g/mol. The normalized spacial score (nSPS) is 21.1. The zero-order chi connectivity index (χ0) is 13.5. The number of hydrogen-bond donors (Lipinski definition) is 2. The van der Waals surface area contributed by atoms with Gasteiger partial charge >= 0.3 is 0 Å². The maximum Gasteiger partial charge on any atom is 0.259 e. The molecule has 2 aliphatic rings. The molecular formula is C12H20N4O2S. The molecule has 0 radical (unpaired) electrons. The van der Waals surface area contributed by atoms with Crippen molar-refractivity contribution >= 4 is 10.0 Å². The predicted octanol–water partition coefficient (Wildman–Crippen LogP) is 0.235. The van der Waals surface area contributed by atoms with Crippen molar-refractivity contribution in [1.82, 2.24) is 14.3 Å². The zero-order valence-electron chi connectivity index (χ0n) is 10.9. The van der Waals surface area contributed by atoms with Crippen molar-refractivity contribution in [1.29, 1.82) is 0 Å². The number of aryl methyl sites for hydroxylation is 2. The van der Waals surface area contributed by atoms with Gasteiger partial charge in [-0.2, -0.15) is 0 Å². The van der Waals surface area contributed by atoms with E-state index in [9.17, 15) is 8.42 Å². The second kappa shape index (κ2) is 4.88. The lowest BCUT2D eigenvalue weighted by Crippen LogP contribution is -2.38. The van der Waals surface area contributed by atoms with Gasteiger partial charge in [0.1, 0.15) is 5.82 Å². The number of nitrogens with one attached hydrogen (secondary N) is 1. The Hall–Kier alpha value is -0.920.